The van der Waals surface area contributed by atoms with Crippen molar-refractivity contribution in [1.82, 2.24) is 4.90 Å². The van der Waals surface area contributed by atoms with Crippen LogP contribution in [0.2, 0.25) is 0 Å². The van der Waals surface area contributed by atoms with Crippen LogP contribution in [-0.2, 0) is 22.7 Å². The Hall–Kier alpha value is -1.97. The van der Waals surface area contributed by atoms with Crippen molar-refractivity contribution in [3.8, 4) is 0 Å². The number of benzene rings is 2. The second-order valence-electron chi connectivity index (χ2n) is 6.50. The number of hydrogen-bond acceptors (Lipinski definition) is 3. The lowest BCUT2D eigenvalue weighted by molar-refractivity contribution is -0.120. The molecular formula is C21H25NO2. The number of rotatable bonds is 8. The Labute approximate surface area is 144 Å². The number of hydrogen-bond donors (Lipinski definition) is 0. The second kappa shape index (κ2) is 8.76. The van der Waals surface area contributed by atoms with Gasteiger partial charge in [0.1, 0.15) is 0 Å². The summed E-state index contributed by atoms with van der Waals surface area (Å²) < 4.78 is 5.71. The Morgan fingerprint density at radius 2 is 1.62 bits per heavy atom. The van der Waals surface area contributed by atoms with E-state index < -0.39 is 0 Å². The highest BCUT2D eigenvalue weighted by Gasteiger charge is 2.29. The van der Waals surface area contributed by atoms with E-state index >= 15 is 0 Å². The molecule has 24 heavy (non-hydrogen) atoms. The van der Waals surface area contributed by atoms with Crippen molar-refractivity contribution in [2.24, 2.45) is 5.92 Å². The first-order valence-corrected chi connectivity index (χ1v) is 8.72. The summed E-state index contributed by atoms with van der Waals surface area (Å²) in [4.78, 5) is 14.4. The van der Waals surface area contributed by atoms with E-state index in [1.807, 2.05) is 24.3 Å². The summed E-state index contributed by atoms with van der Waals surface area (Å²) in [6, 6.07) is 20.6. The van der Waals surface area contributed by atoms with Gasteiger partial charge in [0.15, 0.2) is 5.78 Å². The molecule has 3 rings (SSSR count). The van der Waals surface area contributed by atoms with E-state index in [1.54, 1.807) is 0 Å². The molecule has 1 atom stereocenters. The van der Waals surface area contributed by atoms with Crippen molar-refractivity contribution in [1.29, 1.82) is 0 Å². The van der Waals surface area contributed by atoms with Crippen molar-refractivity contribution in [2.75, 3.05) is 19.7 Å². The Morgan fingerprint density at radius 3 is 2.33 bits per heavy atom. The van der Waals surface area contributed by atoms with Crippen LogP contribution in [-0.4, -0.2) is 30.4 Å². The lowest BCUT2D eigenvalue weighted by atomic mass is 10.0. The van der Waals surface area contributed by atoms with Gasteiger partial charge in [-0.05, 0) is 24.0 Å². The fourth-order valence-corrected chi connectivity index (χ4v) is 3.24. The summed E-state index contributed by atoms with van der Waals surface area (Å²) in [5.74, 6) is 0.558. The van der Waals surface area contributed by atoms with Crippen LogP contribution in [0.15, 0.2) is 60.7 Å². The molecule has 0 amide bonds. The molecule has 126 valence electrons. The first-order valence-electron chi connectivity index (χ1n) is 8.72. The fourth-order valence-electron chi connectivity index (χ4n) is 3.24. The molecule has 1 fully saturated rings. The van der Waals surface area contributed by atoms with Crippen LogP contribution in [0.4, 0.5) is 0 Å². The Kier molecular flexibility index (Phi) is 6.16. The Balaban J connectivity index is 1.34. The quantitative estimate of drug-likeness (QED) is 0.694. The maximum Gasteiger partial charge on any atom is 0.151 e. The minimum Gasteiger partial charge on any atom is -0.377 e. The molecule has 0 radical (unpaired) electrons. The number of Topliss-reactive ketones (excluding diaryl/α,β-unsaturated/α-hetero) is 1. The van der Waals surface area contributed by atoms with Crippen molar-refractivity contribution < 1.29 is 9.53 Å². The van der Waals surface area contributed by atoms with Gasteiger partial charge in [0, 0.05) is 25.6 Å². The van der Waals surface area contributed by atoms with Crippen LogP contribution in [0.5, 0.6) is 0 Å². The number of carbonyl (C=O) groups excluding carboxylic acids is 1. The van der Waals surface area contributed by atoms with Crippen LogP contribution in [0, 0.1) is 5.92 Å². The normalized spacial score (nSPS) is 18.2. The summed E-state index contributed by atoms with van der Waals surface area (Å²) in [6.07, 6.45) is 1.88. The number of nitrogens with zero attached hydrogens (tertiary/aromatic N) is 1. The number of ketones is 1. The predicted octanol–water partition coefficient (Wildman–Crippen LogP) is 3.68. The molecule has 1 aliphatic heterocycles. The van der Waals surface area contributed by atoms with E-state index in [0.29, 0.717) is 18.9 Å². The van der Waals surface area contributed by atoms with E-state index in [-0.39, 0.29) is 5.92 Å². The van der Waals surface area contributed by atoms with Crippen LogP contribution in [0.3, 0.4) is 0 Å². The van der Waals surface area contributed by atoms with Crippen molar-refractivity contribution in [2.45, 2.75) is 26.0 Å². The summed E-state index contributed by atoms with van der Waals surface area (Å²) in [5.41, 5.74) is 2.47. The van der Waals surface area contributed by atoms with Crippen LogP contribution in [0.1, 0.15) is 24.0 Å². The van der Waals surface area contributed by atoms with E-state index in [0.717, 1.165) is 32.5 Å². The number of ether oxygens (including phenoxy) is 1. The van der Waals surface area contributed by atoms with Gasteiger partial charge in [0.25, 0.3) is 0 Å². The Morgan fingerprint density at radius 1 is 0.958 bits per heavy atom. The van der Waals surface area contributed by atoms with Crippen LogP contribution in [0.25, 0.3) is 0 Å². The summed E-state index contributed by atoms with van der Waals surface area (Å²) in [6.45, 7) is 3.71. The summed E-state index contributed by atoms with van der Waals surface area (Å²) >= 11 is 0. The number of carbonyl (C=O) groups is 1. The minimum absolute atomic E-state index is 0.175. The lowest BCUT2D eigenvalue weighted by Crippen LogP contribution is -2.20. The molecule has 0 saturated carbocycles. The third-order valence-electron chi connectivity index (χ3n) is 4.52. The zero-order valence-electron chi connectivity index (χ0n) is 14.1. The fraction of sp³-hybridized carbons (Fsp3) is 0.381. The summed E-state index contributed by atoms with van der Waals surface area (Å²) in [5, 5.41) is 0. The molecule has 0 spiro atoms. The topological polar surface area (TPSA) is 29.5 Å². The molecule has 3 nitrogen and oxygen atoms in total. The molecule has 0 aromatic heterocycles. The van der Waals surface area contributed by atoms with Crippen molar-refractivity contribution in [3.05, 3.63) is 71.8 Å². The first-order chi connectivity index (χ1) is 11.8. The van der Waals surface area contributed by atoms with Gasteiger partial charge in [-0.3, -0.25) is 9.69 Å². The molecule has 1 heterocycles. The van der Waals surface area contributed by atoms with E-state index in [2.05, 4.69) is 41.3 Å². The predicted molar refractivity (Wildman–Crippen MR) is 95.5 cm³/mol. The maximum absolute atomic E-state index is 12.2. The van der Waals surface area contributed by atoms with Gasteiger partial charge >= 0.3 is 0 Å². The molecule has 2 aromatic carbocycles. The molecule has 0 aliphatic carbocycles. The van der Waals surface area contributed by atoms with E-state index in [4.69, 9.17) is 4.74 Å². The minimum atomic E-state index is 0.175. The average molecular weight is 323 g/mol. The highest BCUT2D eigenvalue weighted by Crippen LogP contribution is 2.20. The molecule has 1 saturated heterocycles. The van der Waals surface area contributed by atoms with Gasteiger partial charge in [-0.1, -0.05) is 60.7 Å². The standard InChI is InChI=1S/C21H25NO2/c23-21-16-22(14-18-8-3-1-4-9-18)15-20(21)12-7-13-24-17-19-10-5-2-6-11-19/h1-6,8-11,20H,7,12-17H2. The molecule has 3 heteroatoms. The van der Waals surface area contributed by atoms with E-state index in [9.17, 15) is 4.79 Å². The SMILES string of the molecule is O=C1CN(Cc2ccccc2)CC1CCCOCc1ccccc1. The second-order valence-corrected chi connectivity index (χ2v) is 6.50. The largest absolute Gasteiger partial charge is 0.377 e. The molecule has 1 aliphatic rings. The van der Waals surface area contributed by atoms with Crippen molar-refractivity contribution >= 4 is 5.78 Å². The zero-order chi connectivity index (χ0) is 16.6. The van der Waals surface area contributed by atoms with Crippen LogP contribution < -0.4 is 0 Å². The van der Waals surface area contributed by atoms with Gasteiger partial charge in [-0.15, -0.1) is 0 Å². The van der Waals surface area contributed by atoms with Crippen LogP contribution >= 0.6 is 0 Å². The first kappa shape index (κ1) is 16.9. The summed E-state index contributed by atoms with van der Waals surface area (Å²) in [7, 11) is 0. The molecule has 0 bridgehead atoms. The monoisotopic (exact) mass is 323 g/mol. The highest BCUT2D eigenvalue weighted by atomic mass is 16.5. The third kappa shape index (κ3) is 5.02. The van der Waals surface area contributed by atoms with E-state index in [1.165, 1.54) is 11.1 Å². The van der Waals surface area contributed by atoms with Gasteiger partial charge in [-0.25, -0.2) is 0 Å². The third-order valence-corrected chi connectivity index (χ3v) is 4.52. The molecule has 2 aromatic rings. The van der Waals surface area contributed by atoms with Gasteiger partial charge in [0.05, 0.1) is 13.2 Å². The smallest absolute Gasteiger partial charge is 0.151 e. The number of likely N-dealkylation sites (tertiary alicyclic amines) is 1. The average Bonchev–Trinajstić information content (AvgIpc) is 2.96. The molecular weight excluding hydrogens is 298 g/mol. The van der Waals surface area contributed by atoms with Gasteiger partial charge in [-0.2, -0.15) is 0 Å². The van der Waals surface area contributed by atoms with Gasteiger partial charge in [0.2, 0.25) is 0 Å². The lowest BCUT2D eigenvalue weighted by Gasteiger charge is -2.15. The van der Waals surface area contributed by atoms with Gasteiger partial charge < -0.3 is 4.74 Å². The Bertz CT molecular complexity index is 627. The molecule has 1 unspecified atom stereocenters. The zero-order valence-corrected chi connectivity index (χ0v) is 14.1. The molecule has 0 N–H and O–H groups in total. The van der Waals surface area contributed by atoms with Crippen molar-refractivity contribution in [3.63, 3.8) is 0 Å². The highest BCUT2D eigenvalue weighted by molar-refractivity contribution is 5.85. The maximum atomic E-state index is 12.2.